The summed E-state index contributed by atoms with van der Waals surface area (Å²) in [4.78, 5) is 4.27. The van der Waals surface area contributed by atoms with Gasteiger partial charge in [0.1, 0.15) is 5.75 Å². The van der Waals surface area contributed by atoms with Gasteiger partial charge in [0.05, 0.1) is 6.61 Å². The number of guanidine groups is 1. The van der Waals surface area contributed by atoms with Crippen LogP contribution < -0.4 is 15.8 Å². The first kappa shape index (κ1) is 19.3. The number of aliphatic imine (C=N–C) groups is 1. The molecule has 0 spiro atoms. The summed E-state index contributed by atoms with van der Waals surface area (Å²) in [6.45, 7) is 9.97. The van der Waals surface area contributed by atoms with Crippen LogP contribution in [-0.4, -0.2) is 38.9 Å². The molecule has 0 saturated heterocycles. The summed E-state index contributed by atoms with van der Waals surface area (Å²) in [7, 11) is 0. The highest BCUT2D eigenvalue weighted by atomic mass is 16.5. The number of hydrogen-bond acceptors (Lipinski definition) is 3. The standard InChI is InChI=1S/C18H31N3O2/c1-4-22-13-5-11-20-18(19)21-12-10-16-6-8-17(9-7-16)23-14-15(2)3/h6-9,15H,4-5,10-14H2,1-3H3,(H3,19,20,21). The fraction of sp³-hybridized carbons (Fsp3) is 0.611. The Balaban J connectivity index is 2.20. The van der Waals surface area contributed by atoms with Gasteiger partial charge in [0, 0.05) is 26.3 Å². The summed E-state index contributed by atoms with van der Waals surface area (Å²) >= 11 is 0. The average molecular weight is 321 g/mol. The molecule has 5 heteroatoms. The number of rotatable bonds is 11. The van der Waals surface area contributed by atoms with Crippen molar-refractivity contribution in [2.24, 2.45) is 16.6 Å². The average Bonchev–Trinajstić information content (AvgIpc) is 2.54. The molecule has 0 amide bonds. The molecular formula is C18H31N3O2. The molecule has 0 atom stereocenters. The van der Waals surface area contributed by atoms with Crippen LogP contribution in [0.2, 0.25) is 0 Å². The van der Waals surface area contributed by atoms with E-state index < -0.39 is 0 Å². The summed E-state index contributed by atoms with van der Waals surface area (Å²) in [5.74, 6) is 1.96. The van der Waals surface area contributed by atoms with Crippen molar-refractivity contribution >= 4 is 5.96 Å². The number of ether oxygens (including phenoxy) is 2. The second-order valence-electron chi connectivity index (χ2n) is 5.84. The van der Waals surface area contributed by atoms with E-state index in [1.165, 1.54) is 5.56 Å². The van der Waals surface area contributed by atoms with Crippen molar-refractivity contribution in [1.82, 2.24) is 5.32 Å². The van der Waals surface area contributed by atoms with Crippen LogP contribution >= 0.6 is 0 Å². The first-order valence-electron chi connectivity index (χ1n) is 8.45. The van der Waals surface area contributed by atoms with Gasteiger partial charge in [-0.05, 0) is 43.4 Å². The Kier molecular flexibility index (Phi) is 9.87. The molecular weight excluding hydrogens is 290 g/mol. The Bertz CT molecular complexity index is 444. The maximum atomic E-state index is 5.82. The molecule has 0 bridgehead atoms. The third-order valence-electron chi connectivity index (χ3n) is 3.16. The molecule has 1 aromatic carbocycles. The lowest BCUT2D eigenvalue weighted by atomic mass is 10.1. The van der Waals surface area contributed by atoms with Crippen molar-refractivity contribution < 1.29 is 9.47 Å². The predicted octanol–water partition coefficient (Wildman–Crippen LogP) is 2.59. The molecule has 0 aliphatic heterocycles. The summed E-state index contributed by atoms with van der Waals surface area (Å²) < 4.78 is 10.9. The summed E-state index contributed by atoms with van der Waals surface area (Å²) in [6, 6.07) is 8.21. The maximum absolute atomic E-state index is 5.82. The van der Waals surface area contributed by atoms with E-state index in [-0.39, 0.29) is 0 Å². The maximum Gasteiger partial charge on any atom is 0.188 e. The van der Waals surface area contributed by atoms with Crippen molar-refractivity contribution in [1.29, 1.82) is 0 Å². The number of hydrogen-bond donors (Lipinski definition) is 2. The lowest BCUT2D eigenvalue weighted by molar-refractivity contribution is 0.146. The van der Waals surface area contributed by atoms with E-state index in [0.29, 0.717) is 18.4 Å². The van der Waals surface area contributed by atoms with Crippen molar-refractivity contribution in [3.05, 3.63) is 29.8 Å². The first-order valence-corrected chi connectivity index (χ1v) is 8.45. The molecule has 1 rings (SSSR count). The first-order chi connectivity index (χ1) is 11.1. The molecule has 130 valence electrons. The topological polar surface area (TPSA) is 68.9 Å². The van der Waals surface area contributed by atoms with Gasteiger partial charge < -0.3 is 20.5 Å². The molecule has 0 heterocycles. The van der Waals surface area contributed by atoms with Gasteiger partial charge in [-0.3, -0.25) is 4.99 Å². The van der Waals surface area contributed by atoms with E-state index in [9.17, 15) is 0 Å². The molecule has 23 heavy (non-hydrogen) atoms. The molecule has 0 aliphatic rings. The predicted molar refractivity (Wildman–Crippen MR) is 96.1 cm³/mol. The molecule has 0 radical (unpaired) electrons. The minimum atomic E-state index is 0.499. The third kappa shape index (κ3) is 9.79. The minimum Gasteiger partial charge on any atom is -0.493 e. The zero-order valence-electron chi connectivity index (χ0n) is 14.7. The van der Waals surface area contributed by atoms with Crippen LogP contribution in [0.15, 0.2) is 29.3 Å². The van der Waals surface area contributed by atoms with Crippen LogP contribution in [0, 0.1) is 5.92 Å². The molecule has 5 nitrogen and oxygen atoms in total. The Labute approximate surface area is 140 Å². The van der Waals surface area contributed by atoms with Crippen molar-refractivity contribution in [2.75, 3.05) is 32.9 Å². The SMILES string of the molecule is CCOCCCN=C(N)NCCc1ccc(OCC(C)C)cc1. The van der Waals surface area contributed by atoms with Crippen LogP contribution in [0.25, 0.3) is 0 Å². The summed E-state index contributed by atoms with van der Waals surface area (Å²) in [5.41, 5.74) is 7.07. The highest BCUT2D eigenvalue weighted by molar-refractivity contribution is 5.77. The number of benzene rings is 1. The Morgan fingerprint density at radius 3 is 2.65 bits per heavy atom. The van der Waals surface area contributed by atoms with Crippen LogP contribution in [0.5, 0.6) is 5.75 Å². The van der Waals surface area contributed by atoms with Crippen molar-refractivity contribution in [2.45, 2.75) is 33.6 Å². The lowest BCUT2D eigenvalue weighted by Crippen LogP contribution is -2.33. The highest BCUT2D eigenvalue weighted by Crippen LogP contribution is 2.13. The second kappa shape index (κ2) is 11.8. The quantitative estimate of drug-likeness (QED) is 0.373. The van der Waals surface area contributed by atoms with Gasteiger partial charge in [-0.15, -0.1) is 0 Å². The fourth-order valence-electron chi connectivity index (χ4n) is 1.92. The van der Waals surface area contributed by atoms with Crippen LogP contribution in [-0.2, 0) is 11.2 Å². The molecule has 3 N–H and O–H groups in total. The Hall–Kier alpha value is -1.75. The summed E-state index contributed by atoms with van der Waals surface area (Å²) in [6.07, 6.45) is 1.80. The van der Waals surface area contributed by atoms with Gasteiger partial charge >= 0.3 is 0 Å². The van der Waals surface area contributed by atoms with Crippen LogP contribution in [0.4, 0.5) is 0 Å². The normalized spacial score (nSPS) is 11.7. The fourth-order valence-corrected chi connectivity index (χ4v) is 1.92. The van der Waals surface area contributed by atoms with Crippen LogP contribution in [0.3, 0.4) is 0 Å². The molecule has 0 saturated carbocycles. The van der Waals surface area contributed by atoms with Gasteiger partial charge in [-0.2, -0.15) is 0 Å². The number of nitrogens with one attached hydrogen (secondary N) is 1. The van der Waals surface area contributed by atoms with Gasteiger partial charge in [0.25, 0.3) is 0 Å². The van der Waals surface area contributed by atoms with Gasteiger partial charge in [-0.1, -0.05) is 26.0 Å². The van der Waals surface area contributed by atoms with Crippen molar-refractivity contribution in [3.8, 4) is 5.75 Å². The monoisotopic (exact) mass is 321 g/mol. The Morgan fingerprint density at radius 1 is 1.26 bits per heavy atom. The summed E-state index contributed by atoms with van der Waals surface area (Å²) in [5, 5.41) is 3.13. The molecule has 1 aromatic rings. The van der Waals surface area contributed by atoms with Gasteiger partial charge in [0.2, 0.25) is 0 Å². The van der Waals surface area contributed by atoms with E-state index in [1.807, 2.05) is 19.1 Å². The minimum absolute atomic E-state index is 0.499. The third-order valence-corrected chi connectivity index (χ3v) is 3.16. The second-order valence-corrected chi connectivity index (χ2v) is 5.84. The van der Waals surface area contributed by atoms with E-state index in [1.54, 1.807) is 0 Å². The number of nitrogens with two attached hydrogens (primary N) is 1. The molecule has 0 aromatic heterocycles. The van der Waals surface area contributed by atoms with Gasteiger partial charge in [-0.25, -0.2) is 0 Å². The lowest BCUT2D eigenvalue weighted by Gasteiger charge is -2.09. The number of nitrogens with zero attached hydrogens (tertiary/aromatic N) is 1. The largest absolute Gasteiger partial charge is 0.493 e. The molecule has 0 fully saturated rings. The van der Waals surface area contributed by atoms with E-state index in [2.05, 4.69) is 36.3 Å². The van der Waals surface area contributed by atoms with Gasteiger partial charge in [0.15, 0.2) is 5.96 Å². The smallest absolute Gasteiger partial charge is 0.188 e. The van der Waals surface area contributed by atoms with E-state index in [0.717, 1.165) is 45.0 Å². The van der Waals surface area contributed by atoms with Crippen LogP contribution in [0.1, 0.15) is 32.8 Å². The van der Waals surface area contributed by atoms with E-state index >= 15 is 0 Å². The van der Waals surface area contributed by atoms with Crippen molar-refractivity contribution in [3.63, 3.8) is 0 Å². The Morgan fingerprint density at radius 2 is 2.00 bits per heavy atom. The van der Waals surface area contributed by atoms with E-state index in [4.69, 9.17) is 15.2 Å². The molecule has 0 aliphatic carbocycles. The zero-order valence-corrected chi connectivity index (χ0v) is 14.7. The highest BCUT2D eigenvalue weighted by Gasteiger charge is 1.99. The molecule has 0 unspecified atom stereocenters. The zero-order chi connectivity index (χ0) is 16.9.